The Hall–Kier alpha value is -2.51. The van der Waals surface area contributed by atoms with Crippen molar-refractivity contribution in [1.82, 2.24) is 19.9 Å². The maximum absolute atomic E-state index is 14.3. The van der Waals surface area contributed by atoms with Crippen LogP contribution in [0.25, 0.3) is 16.8 Å². The first-order chi connectivity index (χ1) is 13.4. The van der Waals surface area contributed by atoms with E-state index < -0.39 is 5.82 Å². The van der Waals surface area contributed by atoms with Gasteiger partial charge in [-0.05, 0) is 39.3 Å². The van der Waals surface area contributed by atoms with Crippen LogP contribution in [-0.4, -0.2) is 39.8 Å². The van der Waals surface area contributed by atoms with Crippen molar-refractivity contribution < 1.29 is 13.9 Å². The SMILES string of the molecule is Cc1c(C(=O)NCCCOC(C)C)cnc2c(-c3c(F)cccc3Cl)cnn12. The number of carbonyl (C=O) groups excluding carboxylic acids is 1. The maximum atomic E-state index is 14.3. The fourth-order valence-corrected chi connectivity index (χ4v) is 3.15. The smallest absolute Gasteiger partial charge is 0.254 e. The van der Waals surface area contributed by atoms with Gasteiger partial charge in [0.05, 0.1) is 34.1 Å². The van der Waals surface area contributed by atoms with Crippen LogP contribution in [0.3, 0.4) is 0 Å². The Kier molecular flexibility index (Phi) is 6.26. The minimum absolute atomic E-state index is 0.168. The third kappa shape index (κ3) is 4.15. The molecule has 1 aromatic carbocycles. The van der Waals surface area contributed by atoms with Crippen LogP contribution in [0.4, 0.5) is 4.39 Å². The van der Waals surface area contributed by atoms with Crippen LogP contribution in [-0.2, 0) is 4.74 Å². The number of amides is 1. The molecule has 0 aliphatic carbocycles. The zero-order valence-electron chi connectivity index (χ0n) is 16.0. The molecule has 0 aliphatic rings. The average molecular weight is 405 g/mol. The Morgan fingerprint density at radius 1 is 1.36 bits per heavy atom. The van der Waals surface area contributed by atoms with Gasteiger partial charge in [-0.3, -0.25) is 4.79 Å². The number of nitrogens with zero attached hydrogens (tertiary/aromatic N) is 3. The van der Waals surface area contributed by atoms with E-state index in [0.29, 0.717) is 35.6 Å². The van der Waals surface area contributed by atoms with Crippen molar-refractivity contribution in [1.29, 1.82) is 0 Å². The summed E-state index contributed by atoms with van der Waals surface area (Å²) >= 11 is 6.17. The summed E-state index contributed by atoms with van der Waals surface area (Å²) in [5, 5.41) is 7.41. The summed E-state index contributed by atoms with van der Waals surface area (Å²) in [6, 6.07) is 4.49. The quantitative estimate of drug-likeness (QED) is 0.603. The standard InChI is InChI=1S/C20H22ClFN4O2/c1-12(2)28-9-5-8-23-20(27)14-10-24-19-15(11-25-26(19)13(14)3)18-16(21)6-4-7-17(18)22/h4,6-7,10-12H,5,8-9H2,1-3H3,(H,23,27). The van der Waals surface area contributed by atoms with Gasteiger partial charge in [-0.25, -0.2) is 13.9 Å². The number of benzene rings is 1. The van der Waals surface area contributed by atoms with Gasteiger partial charge in [0.1, 0.15) is 5.82 Å². The number of aryl methyl sites for hydroxylation is 1. The van der Waals surface area contributed by atoms with Crippen LogP contribution in [0.1, 0.15) is 36.3 Å². The topological polar surface area (TPSA) is 68.5 Å². The van der Waals surface area contributed by atoms with E-state index in [1.807, 2.05) is 13.8 Å². The fourth-order valence-electron chi connectivity index (χ4n) is 2.89. The normalized spacial score (nSPS) is 11.4. The average Bonchev–Trinajstić information content (AvgIpc) is 3.06. The molecule has 6 nitrogen and oxygen atoms in total. The van der Waals surface area contributed by atoms with Crippen molar-refractivity contribution in [3.8, 4) is 11.1 Å². The van der Waals surface area contributed by atoms with Gasteiger partial charge in [0.25, 0.3) is 5.91 Å². The molecule has 1 N–H and O–H groups in total. The number of hydrogen-bond donors (Lipinski definition) is 1. The molecule has 3 rings (SSSR count). The van der Waals surface area contributed by atoms with Gasteiger partial charge in [-0.15, -0.1) is 0 Å². The second kappa shape index (κ2) is 8.67. The summed E-state index contributed by atoms with van der Waals surface area (Å²) < 4.78 is 21.3. The molecule has 2 heterocycles. The van der Waals surface area contributed by atoms with E-state index >= 15 is 0 Å². The molecule has 8 heteroatoms. The number of aromatic nitrogens is 3. The predicted octanol–water partition coefficient (Wildman–Crippen LogP) is 4.04. The number of rotatable bonds is 7. The van der Waals surface area contributed by atoms with Crippen LogP contribution in [0.5, 0.6) is 0 Å². The monoisotopic (exact) mass is 404 g/mol. The second-order valence-corrected chi connectivity index (χ2v) is 7.08. The molecular formula is C20H22ClFN4O2. The fraction of sp³-hybridized carbons (Fsp3) is 0.350. The highest BCUT2D eigenvalue weighted by molar-refractivity contribution is 6.33. The maximum Gasteiger partial charge on any atom is 0.254 e. The van der Waals surface area contributed by atoms with E-state index in [1.54, 1.807) is 19.1 Å². The highest BCUT2D eigenvalue weighted by Gasteiger charge is 2.19. The highest BCUT2D eigenvalue weighted by atomic mass is 35.5. The summed E-state index contributed by atoms with van der Waals surface area (Å²) in [5.74, 6) is -0.690. The molecule has 0 unspecified atom stereocenters. The van der Waals surface area contributed by atoms with E-state index in [1.165, 1.54) is 23.0 Å². The molecule has 1 amide bonds. The highest BCUT2D eigenvalue weighted by Crippen LogP contribution is 2.33. The van der Waals surface area contributed by atoms with Crippen LogP contribution in [0.15, 0.2) is 30.6 Å². The summed E-state index contributed by atoms with van der Waals surface area (Å²) in [4.78, 5) is 16.8. The van der Waals surface area contributed by atoms with Gasteiger partial charge in [0.2, 0.25) is 0 Å². The summed E-state index contributed by atoms with van der Waals surface area (Å²) in [6.45, 7) is 6.79. The van der Waals surface area contributed by atoms with Gasteiger partial charge in [-0.1, -0.05) is 17.7 Å². The summed E-state index contributed by atoms with van der Waals surface area (Å²) in [7, 11) is 0. The molecule has 0 radical (unpaired) electrons. The van der Waals surface area contributed by atoms with E-state index in [4.69, 9.17) is 16.3 Å². The largest absolute Gasteiger partial charge is 0.379 e. The lowest BCUT2D eigenvalue weighted by Gasteiger charge is -2.10. The Labute approximate surface area is 167 Å². The molecule has 0 spiro atoms. The Morgan fingerprint density at radius 3 is 2.86 bits per heavy atom. The van der Waals surface area contributed by atoms with Crippen molar-refractivity contribution in [2.75, 3.05) is 13.2 Å². The molecule has 0 fully saturated rings. The van der Waals surface area contributed by atoms with E-state index in [-0.39, 0.29) is 22.6 Å². The minimum Gasteiger partial charge on any atom is -0.379 e. The van der Waals surface area contributed by atoms with Gasteiger partial charge >= 0.3 is 0 Å². The minimum atomic E-state index is -0.452. The number of nitrogens with one attached hydrogen (secondary N) is 1. The first-order valence-electron chi connectivity index (χ1n) is 9.07. The number of carbonyl (C=O) groups is 1. The van der Waals surface area contributed by atoms with Gasteiger partial charge in [0.15, 0.2) is 5.65 Å². The van der Waals surface area contributed by atoms with Crippen molar-refractivity contribution in [3.05, 3.63) is 52.7 Å². The molecule has 3 aromatic rings. The van der Waals surface area contributed by atoms with E-state index in [9.17, 15) is 9.18 Å². The third-order valence-corrected chi connectivity index (χ3v) is 4.62. The molecule has 0 saturated heterocycles. The Balaban J connectivity index is 1.82. The van der Waals surface area contributed by atoms with Crippen molar-refractivity contribution in [2.24, 2.45) is 0 Å². The molecule has 0 saturated carbocycles. The molecule has 28 heavy (non-hydrogen) atoms. The Bertz CT molecular complexity index is 983. The molecular weight excluding hydrogens is 383 g/mol. The second-order valence-electron chi connectivity index (χ2n) is 6.68. The first kappa shape index (κ1) is 20.2. The van der Waals surface area contributed by atoms with Crippen molar-refractivity contribution >= 4 is 23.2 Å². The van der Waals surface area contributed by atoms with Crippen LogP contribution in [0, 0.1) is 12.7 Å². The number of ether oxygens (including phenoxy) is 1. The van der Waals surface area contributed by atoms with E-state index in [0.717, 1.165) is 6.42 Å². The predicted molar refractivity (Wildman–Crippen MR) is 106 cm³/mol. The number of hydrogen-bond acceptors (Lipinski definition) is 4. The van der Waals surface area contributed by atoms with E-state index in [2.05, 4.69) is 15.4 Å². The number of halogens is 2. The summed E-state index contributed by atoms with van der Waals surface area (Å²) in [5.41, 5.74) is 2.18. The molecule has 0 atom stereocenters. The van der Waals surface area contributed by atoms with Crippen LogP contribution < -0.4 is 5.32 Å². The zero-order chi connectivity index (χ0) is 20.3. The molecule has 2 aromatic heterocycles. The van der Waals surface area contributed by atoms with Gasteiger partial charge in [-0.2, -0.15) is 5.10 Å². The Morgan fingerprint density at radius 2 is 2.14 bits per heavy atom. The lowest BCUT2D eigenvalue weighted by Crippen LogP contribution is -2.27. The molecule has 0 aliphatic heterocycles. The lowest BCUT2D eigenvalue weighted by atomic mass is 10.1. The molecule has 0 bridgehead atoms. The third-order valence-electron chi connectivity index (χ3n) is 4.30. The first-order valence-corrected chi connectivity index (χ1v) is 9.45. The van der Waals surface area contributed by atoms with Crippen LogP contribution >= 0.6 is 11.6 Å². The van der Waals surface area contributed by atoms with Gasteiger partial charge < -0.3 is 10.1 Å². The van der Waals surface area contributed by atoms with Crippen molar-refractivity contribution in [3.63, 3.8) is 0 Å². The van der Waals surface area contributed by atoms with Gasteiger partial charge in [0, 0.05) is 24.9 Å². The zero-order valence-corrected chi connectivity index (χ0v) is 16.8. The summed E-state index contributed by atoms with van der Waals surface area (Å²) in [6.07, 6.45) is 3.87. The molecule has 148 valence electrons. The lowest BCUT2D eigenvalue weighted by molar-refractivity contribution is 0.0757. The van der Waals surface area contributed by atoms with Crippen LogP contribution in [0.2, 0.25) is 5.02 Å². The van der Waals surface area contributed by atoms with Crippen molar-refractivity contribution in [2.45, 2.75) is 33.3 Å². The number of fused-ring (bicyclic) bond motifs is 1.